The van der Waals surface area contributed by atoms with Gasteiger partial charge >= 0.3 is 0 Å². The van der Waals surface area contributed by atoms with Gasteiger partial charge in [-0.25, -0.2) is 0 Å². The van der Waals surface area contributed by atoms with E-state index in [4.69, 9.17) is 0 Å². The predicted molar refractivity (Wildman–Crippen MR) is 6.44 cm³/mol. The van der Waals surface area contributed by atoms with Crippen LogP contribution in [0.3, 0.4) is 0 Å². The smallest absolute Gasteiger partial charge is 0 e. The Bertz CT molecular complexity index is 8.00. The first-order valence-corrected chi connectivity index (χ1v) is 0. The SMILES string of the molecule is [Co].[O].[Pt].[Te]. The Morgan fingerprint density at radius 2 is 1.00 bits per heavy atom. The molecule has 0 amide bonds. The second-order valence-corrected chi connectivity index (χ2v) is 0. The summed E-state index contributed by atoms with van der Waals surface area (Å²) in [5, 5.41) is 0. The number of hydrogen-bond acceptors (Lipinski definition) is 0. The van der Waals surface area contributed by atoms with Crippen molar-refractivity contribution >= 4 is 23.7 Å². The van der Waals surface area contributed by atoms with Crippen molar-refractivity contribution in [2.75, 3.05) is 0 Å². The fraction of sp³-hybridized carbons (Fsp3) is 0. The standard InChI is InChI=1S/Co.O.Pt.Te. The number of hydrogen-bond donors (Lipinski definition) is 0. The Hall–Kier alpha value is 1.94. The molecule has 4 heteroatoms. The Kier molecular flexibility index (Phi) is 196. The normalized spacial score (nSPS) is 0. The van der Waals surface area contributed by atoms with Crippen LogP contribution in [0, 0.1) is 0 Å². The van der Waals surface area contributed by atoms with Crippen molar-refractivity contribution < 1.29 is 43.3 Å². The molecule has 4 heavy (non-hydrogen) atoms. The van der Waals surface area contributed by atoms with Crippen molar-refractivity contribution in [3.05, 3.63) is 0 Å². The largest absolute Gasteiger partial charge is 0 e. The van der Waals surface area contributed by atoms with Crippen LogP contribution >= 0.6 is 0 Å². The second kappa shape index (κ2) is 20.3. The molecule has 0 heterocycles. The minimum Gasteiger partial charge on any atom is 0 e. The molecule has 0 aliphatic rings. The van der Waals surface area contributed by atoms with E-state index in [0.717, 1.165) is 0 Å². The summed E-state index contributed by atoms with van der Waals surface area (Å²) < 4.78 is 0. The molecule has 0 unspecified atom stereocenters. The Morgan fingerprint density at radius 1 is 1.00 bits per heavy atom. The van der Waals surface area contributed by atoms with Crippen molar-refractivity contribution in [2.45, 2.75) is 0 Å². The quantitative estimate of drug-likeness (QED) is 0.493. The van der Waals surface area contributed by atoms with E-state index < -0.39 is 0 Å². The molecule has 0 N–H and O–H groups in total. The summed E-state index contributed by atoms with van der Waals surface area (Å²) in [5.41, 5.74) is 0. The molecule has 0 aromatic heterocycles. The Balaban J connectivity index is 0. The van der Waals surface area contributed by atoms with Crippen LogP contribution in [0.4, 0.5) is 0 Å². The molecule has 0 bridgehead atoms. The molecule has 5 radical (unpaired) electrons. The molecule has 0 saturated heterocycles. The summed E-state index contributed by atoms with van der Waals surface area (Å²) in [6.45, 7) is 0. The zero-order valence-electron chi connectivity index (χ0n) is 1.47. The van der Waals surface area contributed by atoms with Crippen LogP contribution in [0.25, 0.3) is 0 Å². The van der Waals surface area contributed by atoms with E-state index in [2.05, 4.69) is 0 Å². The van der Waals surface area contributed by atoms with Crippen LogP contribution in [-0.2, 0) is 43.3 Å². The summed E-state index contributed by atoms with van der Waals surface area (Å²) in [6, 6.07) is 0. The van der Waals surface area contributed by atoms with E-state index in [1.54, 1.807) is 0 Å². The van der Waals surface area contributed by atoms with Crippen LogP contribution in [-0.4, -0.2) is 23.7 Å². The van der Waals surface area contributed by atoms with Crippen molar-refractivity contribution in [3.63, 3.8) is 0 Å². The van der Waals surface area contributed by atoms with E-state index in [0.29, 0.717) is 0 Å². The maximum atomic E-state index is 0. The maximum absolute atomic E-state index is 0. The molecule has 0 aliphatic carbocycles. The average molecular weight is 398 g/mol. The molecule has 0 aliphatic heterocycles. The van der Waals surface area contributed by atoms with Gasteiger partial charge in [-0.05, 0) is 0 Å². The van der Waals surface area contributed by atoms with Gasteiger partial charge in [0.25, 0.3) is 0 Å². The first-order chi connectivity index (χ1) is 0. The van der Waals surface area contributed by atoms with Crippen LogP contribution in [0.2, 0.25) is 0 Å². The van der Waals surface area contributed by atoms with Gasteiger partial charge < -0.3 is 0 Å². The molecule has 0 fully saturated rings. The van der Waals surface area contributed by atoms with Crippen LogP contribution < -0.4 is 0 Å². The van der Waals surface area contributed by atoms with Gasteiger partial charge in [-0.1, -0.05) is 0 Å². The van der Waals surface area contributed by atoms with Crippen molar-refractivity contribution in [1.82, 2.24) is 0 Å². The van der Waals surface area contributed by atoms with Crippen LogP contribution in [0.5, 0.6) is 0 Å². The molecule has 0 rings (SSSR count). The fourth-order valence-corrected chi connectivity index (χ4v) is 0. The molecular formula is CoOPtTe. The molecule has 31 valence electrons. The van der Waals surface area contributed by atoms with E-state index in [1.807, 2.05) is 0 Å². The first-order valence-electron chi connectivity index (χ1n) is 0. The summed E-state index contributed by atoms with van der Waals surface area (Å²) in [5.74, 6) is 0. The Morgan fingerprint density at radius 3 is 1.00 bits per heavy atom. The molecule has 0 aromatic rings. The third-order valence-corrected chi connectivity index (χ3v) is 0. The van der Waals surface area contributed by atoms with Gasteiger partial charge in [0.05, 0.1) is 0 Å². The fourth-order valence-electron chi connectivity index (χ4n) is 0. The second-order valence-electron chi connectivity index (χ2n) is 0. The molecule has 1 nitrogen and oxygen atoms in total. The monoisotopic (exact) mass is 400 g/mol. The van der Waals surface area contributed by atoms with Crippen molar-refractivity contribution in [2.24, 2.45) is 0 Å². The van der Waals surface area contributed by atoms with Gasteiger partial charge in [0.1, 0.15) is 0 Å². The Labute approximate surface area is 66.4 Å². The summed E-state index contributed by atoms with van der Waals surface area (Å²) in [6.07, 6.45) is 0. The van der Waals surface area contributed by atoms with Gasteiger partial charge in [0, 0.05) is 67.0 Å². The van der Waals surface area contributed by atoms with Crippen molar-refractivity contribution in [1.29, 1.82) is 0 Å². The van der Waals surface area contributed by atoms with Gasteiger partial charge in [0.2, 0.25) is 0 Å². The summed E-state index contributed by atoms with van der Waals surface area (Å²) >= 11 is 0. The molecule has 0 spiro atoms. The minimum atomic E-state index is 0. The first kappa shape index (κ1) is 38.4. The summed E-state index contributed by atoms with van der Waals surface area (Å²) in [7, 11) is 0. The van der Waals surface area contributed by atoms with Crippen LogP contribution in [0.15, 0.2) is 0 Å². The predicted octanol–water partition coefficient (Wildman–Crippen LogP) is -0.505. The van der Waals surface area contributed by atoms with Gasteiger partial charge in [-0.3, -0.25) is 0 Å². The summed E-state index contributed by atoms with van der Waals surface area (Å²) in [4.78, 5) is 0. The third-order valence-electron chi connectivity index (χ3n) is 0. The van der Waals surface area contributed by atoms with E-state index in [-0.39, 0.29) is 67.0 Å². The molecule has 0 saturated carbocycles. The number of rotatable bonds is 0. The van der Waals surface area contributed by atoms with E-state index >= 15 is 0 Å². The van der Waals surface area contributed by atoms with Crippen LogP contribution in [0.1, 0.15) is 0 Å². The minimum absolute atomic E-state index is 0. The van der Waals surface area contributed by atoms with Crippen molar-refractivity contribution in [3.8, 4) is 0 Å². The molecular weight excluding hydrogens is 398 g/mol. The molecule has 0 aromatic carbocycles. The van der Waals surface area contributed by atoms with Gasteiger partial charge in [-0.15, -0.1) is 0 Å². The van der Waals surface area contributed by atoms with Gasteiger partial charge in [-0.2, -0.15) is 0 Å². The van der Waals surface area contributed by atoms with E-state index in [1.165, 1.54) is 0 Å². The van der Waals surface area contributed by atoms with Gasteiger partial charge in [0.15, 0.2) is 0 Å². The topological polar surface area (TPSA) is 28.5 Å². The molecule has 0 atom stereocenters. The zero-order valence-corrected chi connectivity index (χ0v) is 7.11. The third kappa shape index (κ3) is 9.04. The maximum Gasteiger partial charge on any atom is 0 e. The van der Waals surface area contributed by atoms with E-state index in [9.17, 15) is 0 Å². The zero-order chi connectivity index (χ0) is 0. The average Bonchev–Trinajstić information content (AvgIpc) is 0.